The maximum Gasteiger partial charge on any atom is 0.313 e. The summed E-state index contributed by atoms with van der Waals surface area (Å²) in [5.74, 6) is -4.70. The van der Waals surface area contributed by atoms with Crippen molar-refractivity contribution in [3.8, 4) is 0 Å². The van der Waals surface area contributed by atoms with E-state index in [0.717, 1.165) is 51.4 Å². The van der Waals surface area contributed by atoms with E-state index in [-0.39, 0.29) is 35.7 Å². The molecule has 3 saturated carbocycles. The number of ketones is 1. The van der Waals surface area contributed by atoms with Gasteiger partial charge in [0.05, 0.1) is 6.04 Å². The van der Waals surface area contributed by atoms with Crippen molar-refractivity contribution in [3.63, 3.8) is 0 Å². The van der Waals surface area contributed by atoms with Gasteiger partial charge in [-0.05, 0) is 86.7 Å². The second-order valence-corrected chi connectivity index (χ2v) is 16.2. The molecule has 13 nitrogen and oxygen atoms in total. The Morgan fingerprint density at radius 2 is 1.54 bits per heavy atom. The summed E-state index contributed by atoms with van der Waals surface area (Å²) < 4.78 is 0. The second-order valence-electron chi connectivity index (χ2n) is 16.2. The summed E-state index contributed by atoms with van der Waals surface area (Å²) in [7, 11) is 0. The molecule has 6 amide bonds. The maximum absolute atomic E-state index is 14.7. The lowest BCUT2D eigenvalue weighted by Gasteiger charge is -2.55. The standard InChI is InChI=1S/C39H54N6O7/c1-4-12-27(31(46)35(49)40-25-19-20-25)42-33(47)28-21-23-15-11-18-26-30(23)45(28)38(52)32(39(26,2)3)44-34(48)29(22-13-7-5-8-14-22)43-37(51)36(50)41-24-16-9-6-10-17-24/h6,9-10,16-17,22-23,25-30,32H,4-5,7-8,11-15,18-21H2,1-3H3,(H,40,49)(H,41,50)(H,42,47)(H,43,51)(H,44,48). The first-order valence-electron chi connectivity index (χ1n) is 19.3. The highest BCUT2D eigenvalue weighted by atomic mass is 16.2. The van der Waals surface area contributed by atoms with Gasteiger partial charge in [0, 0.05) is 17.8 Å². The molecule has 282 valence electrons. The molecule has 5 fully saturated rings. The van der Waals surface area contributed by atoms with Crippen LogP contribution in [0, 0.1) is 23.2 Å². The van der Waals surface area contributed by atoms with Crippen molar-refractivity contribution in [1.29, 1.82) is 0 Å². The van der Waals surface area contributed by atoms with Gasteiger partial charge in [0.25, 0.3) is 5.91 Å². The third kappa shape index (κ3) is 7.88. The van der Waals surface area contributed by atoms with Gasteiger partial charge in [0.15, 0.2) is 0 Å². The number of hydrogen-bond acceptors (Lipinski definition) is 7. The largest absolute Gasteiger partial charge is 0.347 e. The predicted octanol–water partition coefficient (Wildman–Crippen LogP) is 2.73. The number of rotatable bonds is 12. The van der Waals surface area contributed by atoms with Crippen molar-refractivity contribution in [2.24, 2.45) is 23.2 Å². The molecule has 2 heterocycles. The van der Waals surface area contributed by atoms with Crippen LogP contribution in [0.3, 0.4) is 0 Å². The lowest BCUT2D eigenvalue weighted by atomic mass is 9.60. The van der Waals surface area contributed by atoms with Gasteiger partial charge >= 0.3 is 11.8 Å². The number of anilines is 1. The topological polar surface area (TPSA) is 183 Å². The molecule has 52 heavy (non-hydrogen) atoms. The first-order valence-corrected chi connectivity index (χ1v) is 19.3. The Labute approximate surface area is 305 Å². The summed E-state index contributed by atoms with van der Waals surface area (Å²) >= 11 is 0. The molecule has 5 N–H and O–H groups in total. The van der Waals surface area contributed by atoms with Crippen LogP contribution in [-0.4, -0.2) is 82.4 Å². The zero-order chi connectivity index (χ0) is 37.2. The fraction of sp³-hybridized carbons (Fsp3) is 0.667. The van der Waals surface area contributed by atoms with E-state index in [0.29, 0.717) is 37.8 Å². The number of piperidine rings is 1. The van der Waals surface area contributed by atoms with Gasteiger partial charge in [-0.1, -0.05) is 71.1 Å². The van der Waals surface area contributed by atoms with E-state index in [1.54, 1.807) is 35.2 Å². The van der Waals surface area contributed by atoms with E-state index in [4.69, 9.17) is 0 Å². The Morgan fingerprint density at radius 1 is 0.827 bits per heavy atom. The normalized spacial score (nSPS) is 27.7. The minimum atomic E-state index is -1.03. The van der Waals surface area contributed by atoms with Gasteiger partial charge in [-0.15, -0.1) is 0 Å². The van der Waals surface area contributed by atoms with Crippen LogP contribution < -0.4 is 26.6 Å². The summed E-state index contributed by atoms with van der Waals surface area (Å²) in [6.07, 6.45) is 9.73. The van der Waals surface area contributed by atoms with Crippen molar-refractivity contribution < 1.29 is 33.6 Å². The number of hydrogen-bond donors (Lipinski definition) is 5. The minimum Gasteiger partial charge on any atom is -0.347 e. The molecule has 1 aromatic rings. The molecule has 0 bridgehead atoms. The van der Waals surface area contributed by atoms with Crippen LogP contribution in [0.1, 0.15) is 104 Å². The van der Waals surface area contributed by atoms with E-state index in [1.807, 2.05) is 20.8 Å². The van der Waals surface area contributed by atoms with Crippen LogP contribution in [0.25, 0.3) is 0 Å². The molecule has 6 rings (SSSR count). The molecule has 5 aliphatic rings. The Morgan fingerprint density at radius 3 is 2.21 bits per heavy atom. The average Bonchev–Trinajstić information content (AvgIpc) is 3.87. The molecule has 0 spiro atoms. The van der Waals surface area contributed by atoms with Gasteiger partial charge in [-0.3, -0.25) is 33.6 Å². The van der Waals surface area contributed by atoms with Crippen LogP contribution in [-0.2, 0) is 33.6 Å². The van der Waals surface area contributed by atoms with Gasteiger partial charge in [0.2, 0.25) is 23.5 Å². The first-order chi connectivity index (χ1) is 24.9. The highest BCUT2D eigenvalue weighted by Crippen LogP contribution is 2.54. The number of nitrogens with one attached hydrogen (secondary N) is 5. The lowest BCUT2D eigenvalue weighted by Crippen LogP contribution is -2.70. The van der Waals surface area contributed by atoms with E-state index in [2.05, 4.69) is 26.6 Å². The van der Waals surface area contributed by atoms with Gasteiger partial charge in [-0.25, -0.2) is 0 Å². The van der Waals surface area contributed by atoms with E-state index in [1.165, 1.54) is 0 Å². The smallest absolute Gasteiger partial charge is 0.313 e. The molecule has 7 atom stereocenters. The van der Waals surface area contributed by atoms with Crippen molar-refractivity contribution in [2.75, 3.05) is 5.32 Å². The third-order valence-corrected chi connectivity index (χ3v) is 12.2. The van der Waals surface area contributed by atoms with Gasteiger partial charge in [-0.2, -0.15) is 0 Å². The molecule has 0 aromatic heterocycles. The number of amides is 6. The van der Waals surface area contributed by atoms with Crippen LogP contribution in [0.2, 0.25) is 0 Å². The molecule has 1 aromatic carbocycles. The summed E-state index contributed by atoms with van der Waals surface area (Å²) in [6.45, 7) is 5.86. The maximum atomic E-state index is 14.7. The molecule has 2 aliphatic heterocycles. The van der Waals surface area contributed by atoms with Crippen LogP contribution in [0.15, 0.2) is 30.3 Å². The van der Waals surface area contributed by atoms with Crippen molar-refractivity contribution >= 4 is 46.9 Å². The molecule has 13 heteroatoms. The Balaban J connectivity index is 1.21. The number of para-hydroxylation sites is 1. The van der Waals surface area contributed by atoms with E-state index >= 15 is 0 Å². The summed E-state index contributed by atoms with van der Waals surface area (Å²) in [6, 6.07) is 4.51. The summed E-state index contributed by atoms with van der Waals surface area (Å²) in [4.78, 5) is 96.5. The fourth-order valence-corrected chi connectivity index (χ4v) is 9.31. The molecular formula is C39H54N6O7. The average molecular weight is 719 g/mol. The Hall–Kier alpha value is -4.29. The number of carbonyl (C=O) groups excluding carboxylic acids is 7. The highest BCUT2D eigenvalue weighted by Gasteiger charge is 2.62. The zero-order valence-corrected chi connectivity index (χ0v) is 30.6. The number of carbonyl (C=O) groups is 7. The monoisotopic (exact) mass is 718 g/mol. The second kappa shape index (κ2) is 15.8. The molecule has 3 aliphatic carbocycles. The van der Waals surface area contributed by atoms with Crippen molar-refractivity contribution in [2.45, 2.75) is 140 Å². The van der Waals surface area contributed by atoms with Crippen LogP contribution in [0.4, 0.5) is 5.69 Å². The number of nitrogens with zero attached hydrogens (tertiary/aromatic N) is 1. The van der Waals surface area contributed by atoms with Crippen molar-refractivity contribution in [1.82, 2.24) is 26.2 Å². The molecule has 2 saturated heterocycles. The van der Waals surface area contributed by atoms with Gasteiger partial charge < -0.3 is 31.5 Å². The SMILES string of the molecule is CCCC(NC(=O)C1CC2CCCC3C2N1C(=O)C(NC(=O)C(NC(=O)C(=O)Nc1ccccc1)C1CCCCC1)C3(C)C)C(=O)C(=O)NC1CC1. The highest BCUT2D eigenvalue weighted by molar-refractivity contribution is 6.40. The zero-order valence-electron chi connectivity index (χ0n) is 30.6. The summed E-state index contributed by atoms with van der Waals surface area (Å²) in [5.41, 5.74) is -0.224. The summed E-state index contributed by atoms with van der Waals surface area (Å²) in [5, 5.41) is 13.9. The lowest BCUT2D eigenvalue weighted by molar-refractivity contribution is -0.160. The Kier molecular flexibility index (Phi) is 11.4. The van der Waals surface area contributed by atoms with E-state index < -0.39 is 64.9 Å². The van der Waals surface area contributed by atoms with Crippen LogP contribution in [0.5, 0.6) is 0 Å². The Bertz CT molecular complexity index is 1550. The molecule has 0 radical (unpaired) electrons. The number of benzene rings is 1. The minimum absolute atomic E-state index is 0.00302. The van der Waals surface area contributed by atoms with E-state index in [9.17, 15) is 33.6 Å². The number of Topliss-reactive ketones (excluding diaryl/α,β-unsaturated/α-hetero) is 1. The molecular weight excluding hydrogens is 664 g/mol. The van der Waals surface area contributed by atoms with Gasteiger partial charge in [0.1, 0.15) is 18.1 Å². The predicted molar refractivity (Wildman–Crippen MR) is 192 cm³/mol. The first kappa shape index (κ1) is 37.5. The third-order valence-electron chi connectivity index (χ3n) is 12.2. The quantitative estimate of drug-likeness (QED) is 0.206. The van der Waals surface area contributed by atoms with Crippen molar-refractivity contribution in [3.05, 3.63) is 30.3 Å². The molecule has 7 unspecified atom stereocenters. The van der Waals surface area contributed by atoms with Crippen LogP contribution >= 0.6 is 0 Å². The fourth-order valence-electron chi connectivity index (χ4n) is 9.31.